The summed E-state index contributed by atoms with van der Waals surface area (Å²) in [6.07, 6.45) is 2.62. The van der Waals surface area contributed by atoms with Gasteiger partial charge in [-0.05, 0) is 24.3 Å². The first-order valence-electron chi connectivity index (χ1n) is 5.42. The smallest absolute Gasteiger partial charge is 0.166 e. The predicted molar refractivity (Wildman–Crippen MR) is 65.7 cm³/mol. The quantitative estimate of drug-likeness (QED) is 0.599. The van der Waals surface area contributed by atoms with E-state index in [9.17, 15) is 4.79 Å². The number of rotatable bonds is 4. The largest absolute Gasteiger partial charge is 0.294 e. The van der Waals surface area contributed by atoms with Crippen LogP contribution < -0.4 is 0 Å². The van der Waals surface area contributed by atoms with Gasteiger partial charge in [-0.3, -0.25) is 4.79 Å². The molecule has 0 bridgehead atoms. The molecule has 1 aromatic rings. The minimum Gasteiger partial charge on any atom is -0.294 e. The van der Waals surface area contributed by atoms with Crippen LogP contribution in [0.4, 0.5) is 0 Å². The van der Waals surface area contributed by atoms with Crippen LogP contribution >= 0.6 is 15.9 Å². The predicted octanol–water partition coefficient (Wildman–Crippen LogP) is 3.78. The lowest BCUT2D eigenvalue weighted by molar-refractivity contribution is 0.0942. The number of carbonyl (C=O) groups is 1. The van der Waals surface area contributed by atoms with Gasteiger partial charge in [0, 0.05) is 16.8 Å². The molecule has 1 saturated carbocycles. The van der Waals surface area contributed by atoms with E-state index in [1.165, 1.54) is 18.4 Å². The van der Waals surface area contributed by atoms with Crippen LogP contribution in [0.3, 0.4) is 0 Å². The average molecular weight is 267 g/mol. The van der Waals surface area contributed by atoms with Crippen LogP contribution in [-0.2, 0) is 0 Å². The Morgan fingerprint density at radius 3 is 2.47 bits per heavy atom. The van der Waals surface area contributed by atoms with E-state index >= 15 is 0 Å². The second kappa shape index (κ2) is 4.48. The Hall–Kier alpha value is -0.630. The highest BCUT2D eigenvalue weighted by Crippen LogP contribution is 2.39. The standard InChI is InChI=1S/C13H15BrO/c1-9(8-14)13(15)12-6-4-11(5-7-12)10-2-3-10/h4-7,9-10H,2-3,8H2,1H3. The van der Waals surface area contributed by atoms with Gasteiger partial charge in [0.2, 0.25) is 0 Å². The summed E-state index contributed by atoms with van der Waals surface area (Å²) < 4.78 is 0. The van der Waals surface area contributed by atoms with Crippen molar-refractivity contribution in [2.24, 2.45) is 5.92 Å². The maximum Gasteiger partial charge on any atom is 0.166 e. The molecule has 0 spiro atoms. The minimum absolute atomic E-state index is 0.0665. The summed E-state index contributed by atoms with van der Waals surface area (Å²) in [5.41, 5.74) is 2.23. The van der Waals surface area contributed by atoms with Crippen molar-refractivity contribution in [3.05, 3.63) is 35.4 Å². The molecule has 1 atom stereocenters. The summed E-state index contributed by atoms with van der Waals surface area (Å²) in [6.45, 7) is 1.95. The first-order valence-corrected chi connectivity index (χ1v) is 6.54. The molecule has 0 amide bonds. The highest BCUT2D eigenvalue weighted by Gasteiger charge is 2.23. The molecule has 0 aliphatic heterocycles. The van der Waals surface area contributed by atoms with E-state index in [0.717, 1.165) is 16.8 Å². The third kappa shape index (κ3) is 2.49. The number of hydrogen-bond donors (Lipinski definition) is 0. The topological polar surface area (TPSA) is 17.1 Å². The van der Waals surface area contributed by atoms with Gasteiger partial charge in [0.15, 0.2) is 5.78 Å². The lowest BCUT2D eigenvalue weighted by atomic mass is 9.99. The third-order valence-corrected chi connectivity index (χ3v) is 3.89. The number of halogens is 1. The maximum absolute atomic E-state index is 11.8. The molecule has 0 saturated heterocycles. The SMILES string of the molecule is CC(CBr)C(=O)c1ccc(C2CC2)cc1. The van der Waals surface area contributed by atoms with Crippen molar-refractivity contribution in [3.8, 4) is 0 Å². The molecule has 0 aromatic heterocycles. The minimum atomic E-state index is 0.0665. The molecule has 80 valence electrons. The molecular weight excluding hydrogens is 252 g/mol. The Kier molecular flexibility index (Phi) is 3.25. The molecule has 1 aliphatic carbocycles. The zero-order valence-corrected chi connectivity index (χ0v) is 10.5. The average Bonchev–Trinajstić information content (AvgIpc) is 3.11. The summed E-state index contributed by atoms with van der Waals surface area (Å²) in [5.74, 6) is 1.06. The molecule has 2 rings (SSSR count). The van der Waals surface area contributed by atoms with E-state index in [2.05, 4.69) is 28.1 Å². The molecule has 0 heterocycles. The highest BCUT2D eigenvalue weighted by molar-refractivity contribution is 9.09. The van der Waals surface area contributed by atoms with Crippen LogP contribution in [0.15, 0.2) is 24.3 Å². The van der Waals surface area contributed by atoms with Gasteiger partial charge in [-0.15, -0.1) is 0 Å². The second-order valence-corrected chi connectivity index (χ2v) is 4.96. The number of benzene rings is 1. The van der Waals surface area contributed by atoms with Gasteiger partial charge >= 0.3 is 0 Å². The van der Waals surface area contributed by atoms with Gasteiger partial charge in [-0.25, -0.2) is 0 Å². The van der Waals surface area contributed by atoms with Gasteiger partial charge in [-0.2, -0.15) is 0 Å². The van der Waals surface area contributed by atoms with Crippen LogP contribution in [0.25, 0.3) is 0 Å². The zero-order chi connectivity index (χ0) is 10.8. The molecule has 1 unspecified atom stereocenters. The van der Waals surface area contributed by atoms with Crippen LogP contribution in [0.1, 0.15) is 41.6 Å². The first-order chi connectivity index (χ1) is 7.22. The van der Waals surface area contributed by atoms with Crippen molar-refractivity contribution < 1.29 is 4.79 Å². The Bertz CT molecular complexity index is 351. The van der Waals surface area contributed by atoms with E-state index in [1.54, 1.807) is 0 Å². The number of Topliss-reactive ketones (excluding diaryl/α,β-unsaturated/α-hetero) is 1. The monoisotopic (exact) mass is 266 g/mol. The van der Waals surface area contributed by atoms with Crippen LogP contribution in [-0.4, -0.2) is 11.1 Å². The van der Waals surface area contributed by atoms with E-state index in [4.69, 9.17) is 0 Å². The summed E-state index contributed by atoms with van der Waals surface area (Å²) in [5, 5.41) is 0.732. The second-order valence-electron chi connectivity index (χ2n) is 4.32. The van der Waals surface area contributed by atoms with Crippen molar-refractivity contribution in [1.29, 1.82) is 0 Å². The van der Waals surface area contributed by atoms with Crippen LogP contribution in [0.5, 0.6) is 0 Å². The van der Waals surface area contributed by atoms with Crippen molar-refractivity contribution >= 4 is 21.7 Å². The van der Waals surface area contributed by atoms with Gasteiger partial charge in [0.05, 0.1) is 0 Å². The first kappa shape index (κ1) is 10.9. The number of carbonyl (C=O) groups excluding carboxylic acids is 1. The molecule has 15 heavy (non-hydrogen) atoms. The third-order valence-electron chi connectivity index (χ3n) is 2.92. The van der Waals surface area contributed by atoms with Crippen LogP contribution in [0.2, 0.25) is 0 Å². The van der Waals surface area contributed by atoms with Crippen molar-refractivity contribution in [2.75, 3.05) is 5.33 Å². The van der Waals surface area contributed by atoms with E-state index in [0.29, 0.717) is 0 Å². The molecule has 2 heteroatoms. The van der Waals surface area contributed by atoms with E-state index in [-0.39, 0.29) is 11.7 Å². The lowest BCUT2D eigenvalue weighted by Crippen LogP contribution is -2.12. The summed E-state index contributed by atoms with van der Waals surface area (Å²) in [6, 6.07) is 8.14. The molecule has 1 aliphatic rings. The molecule has 1 fully saturated rings. The fraction of sp³-hybridized carbons (Fsp3) is 0.462. The normalized spacial score (nSPS) is 17.5. The number of ketones is 1. The van der Waals surface area contributed by atoms with E-state index < -0.39 is 0 Å². The Morgan fingerprint density at radius 1 is 1.40 bits per heavy atom. The molecule has 0 N–H and O–H groups in total. The van der Waals surface area contributed by atoms with Crippen LogP contribution in [0, 0.1) is 5.92 Å². The molecule has 1 nitrogen and oxygen atoms in total. The molecular formula is C13H15BrO. The Balaban J connectivity index is 2.12. The van der Waals surface area contributed by atoms with E-state index in [1.807, 2.05) is 19.1 Å². The van der Waals surface area contributed by atoms with Gasteiger partial charge in [-0.1, -0.05) is 47.1 Å². The summed E-state index contributed by atoms with van der Waals surface area (Å²) in [7, 11) is 0. The number of alkyl halides is 1. The van der Waals surface area contributed by atoms with Gasteiger partial charge < -0.3 is 0 Å². The Morgan fingerprint density at radius 2 is 2.00 bits per heavy atom. The number of hydrogen-bond acceptors (Lipinski definition) is 1. The highest BCUT2D eigenvalue weighted by atomic mass is 79.9. The van der Waals surface area contributed by atoms with Crippen molar-refractivity contribution in [1.82, 2.24) is 0 Å². The Labute approximate surface area is 99.0 Å². The van der Waals surface area contributed by atoms with Crippen molar-refractivity contribution in [3.63, 3.8) is 0 Å². The maximum atomic E-state index is 11.8. The zero-order valence-electron chi connectivity index (χ0n) is 8.87. The van der Waals surface area contributed by atoms with Crippen molar-refractivity contribution in [2.45, 2.75) is 25.7 Å². The molecule has 1 aromatic carbocycles. The van der Waals surface area contributed by atoms with Gasteiger partial charge in [0.1, 0.15) is 0 Å². The van der Waals surface area contributed by atoms with Gasteiger partial charge in [0.25, 0.3) is 0 Å². The lowest BCUT2D eigenvalue weighted by Gasteiger charge is -2.07. The fourth-order valence-corrected chi connectivity index (χ4v) is 1.98. The summed E-state index contributed by atoms with van der Waals surface area (Å²) in [4.78, 5) is 11.8. The fourth-order valence-electron chi connectivity index (χ4n) is 1.69. The molecule has 0 radical (unpaired) electrons. The summed E-state index contributed by atoms with van der Waals surface area (Å²) >= 11 is 3.34.